The molecule has 2 atom stereocenters. The van der Waals surface area contributed by atoms with Crippen LogP contribution in [0.2, 0.25) is 0 Å². The molecule has 37 heavy (non-hydrogen) atoms. The van der Waals surface area contributed by atoms with Crippen molar-refractivity contribution in [1.82, 2.24) is 10.2 Å². The van der Waals surface area contributed by atoms with Gasteiger partial charge in [-0.1, -0.05) is 114 Å². The summed E-state index contributed by atoms with van der Waals surface area (Å²) in [6, 6.07) is 7.63. The van der Waals surface area contributed by atoms with E-state index in [0.717, 1.165) is 24.8 Å². The number of amides is 2. The number of carboxylic acid groups (broad SMARTS) is 1. The molecule has 0 unspecified atom stereocenters. The second-order valence-electron chi connectivity index (χ2n) is 10.1. The summed E-state index contributed by atoms with van der Waals surface area (Å²) < 4.78 is 5.74. The van der Waals surface area contributed by atoms with Gasteiger partial charge in [-0.05, 0) is 18.9 Å². The van der Waals surface area contributed by atoms with Gasteiger partial charge in [0.15, 0.2) is 0 Å². The third kappa shape index (κ3) is 15.4. The number of carboxylic acids is 1. The summed E-state index contributed by atoms with van der Waals surface area (Å²) in [4.78, 5) is 38.2. The largest absolute Gasteiger partial charge is 0.480 e. The van der Waals surface area contributed by atoms with Crippen LogP contribution in [0.3, 0.4) is 0 Å². The summed E-state index contributed by atoms with van der Waals surface area (Å²) in [6.07, 6.45) is 16.4. The van der Waals surface area contributed by atoms with Crippen LogP contribution in [0.4, 0.5) is 0 Å². The van der Waals surface area contributed by atoms with Gasteiger partial charge in [0, 0.05) is 13.5 Å². The Labute approximate surface area is 224 Å². The highest BCUT2D eigenvalue weighted by atomic mass is 16.5. The molecule has 0 saturated heterocycles. The number of nitrogens with zero attached hydrogens (tertiary/aromatic N) is 1. The summed E-state index contributed by atoms with van der Waals surface area (Å²) in [5, 5.41) is 11.6. The molecule has 0 aliphatic carbocycles. The van der Waals surface area contributed by atoms with E-state index in [-0.39, 0.29) is 12.5 Å². The van der Waals surface area contributed by atoms with Gasteiger partial charge in [-0.25, -0.2) is 0 Å². The molecule has 1 aromatic rings. The Morgan fingerprint density at radius 3 is 1.89 bits per heavy atom. The van der Waals surface area contributed by atoms with E-state index in [1.54, 1.807) is 7.05 Å². The van der Waals surface area contributed by atoms with Gasteiger partial charge >= 0.3 is 5.97 Å². The number of carbonyl (C=O) groups excluding carboxylic acids is 2. The van der Waals surface area contributed by atoms with Crippen LogP contribution >= 0.6 is 0 Å². The maximum absolute atomic E-state index is 12.8. The predicted molar refractivity (Wildman–Crippen MR) is 148 cm³/mol. The van der Waals surface area contributed by atoms with Gasteiger partial charge in [-0.3, -0.25) is 14.4 Å². The summed E-state index contributed by atoms with van der Waals surface area (Å²) in [6.45, 7) is 3.95. The van der Waals surface area contributed by atoms with Crippen LogP contribution in [0.15, 0.2) is 30.3 Å². The van der Waals surface area contributed by atoms with Gasteiger partial charge in [0.1, 0.15) is 12.1 Å². The predicted octanol–water partition coefficient (Wildman–Crippen LogP) is 6.10. The lowest BCUT2D eigenvalue weighted by Gasteiger charge is -2.28. The summed E-state index contributed by atoms with van der Waals surface area (Å²) in [5.41, 5.74) is 0.960. The normalized spacial score (nSPS) is 12.6. The summed E-state index contributed by atoms with van der Waals surface area (Å²) in [5.74, 6) is -1.78. The van der Waals surface area contributed by atoms with E-state index >= 15 is 0 Å². The molecule has 0 aliphatic rings. The second-order valence-corrected chi connectivity index (χ2v) is 10.1. The molecule has 0 radical (unpaired) electrons. The van der Waals surface area contributed by atoms with Gasteiger partial charge in [-0.2, -0.15) is 0 Å². The fourth-order valence-corrected chi connectivity index (χ4v) is 4.24. The molecule has 210 valence electrons. The molecule has 0 heterocycles. The van der Waals surface area contributed by atoms with Crippen LogP contribution in [-0.4, -0.2) is 53.5 Å². The average molecular weight is 519 g/mol. The molecule has 7 heteroatoms. The standard InChI is InChI=1S/C30H50N2O5/c1-4-5-6-7-8-9-10-11-12-13-14-15-19-22-28(33)32(3)27(29(34)31-25(2)30(35)36)24-37-23-26-20-17-16-18-21-26/h16-18,20-21,25,27H,4-15,19,22-24H2,1-3H3,(H,31,34)(H,35,36)/t25-,27-/m1/s1. The van der Waals surface area contributed by atoms with E-state index in [4.69, 9.17) is 9.84 Å². The number of carbonyl (C=O) groups is 3. The highest BCUT2D eigenvalue weighted by molar-refractivity contribution is 5.90. The first-order valence-electron chi connectivity index (χ1n) is 14.3. The minimum absolute atomic E-state index is 0.00604. The number of hydrogen-bond donors (Lipinski definition) is 2. The molecule has 0 aliphatic heterocycles. The number of hydrogen-bond acceptors (Lipinski definition) is 4. The molecule has 0 saturated carbocycles. The maximum Gasteiger partial charge on any atom is 0.325 e. The summed E-state index contributed by atoms with van der Waals surface area (Å²) >= 11 is 0. The van der Waals surface area contributed by atoms with Crippen molar-refractivity contribution in [2.75, 3.05) is 13.7 Å². The quantitative estimate of drug-likeness (QED) is 0.181. The molecule has 0 spiro atoms. The monoisotopic (exact) mass is 518 g/mol. The van der Waals surface area contributed by atoms with Gasteiger partial charge in [-0.15, -0.1) is 0 Å². The zero-order valence-corrected chi connectivity index (χ0v) is 23.4. The number of benzene rings is 1. The zero-order chi connectivity index (χ0) is 27.3. The van der Waals surface area contributed by atoms with Crippen molar-refractivity contribution in [3.8, 4) is 0 Å². The van der Waals surface area contributed by atoms with Crippen molar-refractivity contribution < 1.29 is 24.2 Å². The molecule has 0 aromatic heterocycles. The van der Waals surface area contributed by atoms with Gasteiger partial charge in [0.2, 0.25) is 11.8 Å². The minimum atomic E-state index is -1.13. The van der Waals surface area contributed by atoms with Crippen molar-refractivity contribution >= 4 is 17.8 Å². The number of aliphatic carboxylic acids is 1. The number of likely N-dealkylation sites (N-methyl/N-ethyl adjacent to an activating group) is 1. The lowest BCUT2D eigenvalue weighted by Crippen LogP contribution is -2.53. The average Bonchev–Trinajstić information content (AvgIpc) is 2.89. The van der Waals surface area contributed by atoms with Gasteiger partial charge < -0.3 is 20.1 Å². The van der Waals surface area contributed by atoms with Crippen LogP contribution < -0.4 is 5.32 Å². The Kier molecular flexibility index (Phi) is 18.2. The number of ether oxygens (including phenoxy) is 1. The van der Waals surface area contributed by atoms with Crippen molar-refractivity contribution in [1.29, 1.82) is 0 Å². The van der Waals surface area contributed by atoms with E-state index in [1.807, 2.05) is 30.3 Å². The fraction of sp³-hybridized carbons (Fsp3) is 0.700. The van der Waals surface area contributed by atoms with Crippen molar-refractivity contribution in [3.05, 3.63) is 35.9 Å². The second kappa shape index (κ2) is 20.6. The highest BCUT2D eigenvalue weighted by Gasteiger charge is 2.29. The first-order chi connectivity index (χ1) is 17.9. The van der Waals surface area contributed by atoms with Crippen LogP contribution in [0.5, 0.6) is 0 Å². The van der Waals surface area contributed by atoms with E-state index in [0.29, 0.717) is 13.0 Å². The first kappa shape index (κ1) is 32.6. The Balaban J connectivity index is 2.35. The Morgan fingerprint density at radius 2 is 1.38 bits per heavy atom. The van der Waals surface area contributed by atoms with Crippen molar-refractivity contribution in [2.45, 2.75) is 122 Å². The summed E-state index contributed by atoms with van der Waals surface area (Å²) in [7, 11) is 1.59. The first-order valence-corrected chi connectivity index (χ1v) is 14.3. The number of rotatable bonds is 22. The molecule has 1 aromatic carbocycles. The van der Waals surface area contributed by atoms with Crippen molar-refractivity contribution in [3.63, 3.8) is 0 Å². The number of nitrogens with one attached hydrogen (secondary N) is 1. The molecule has 0 bridgehead atoms. The highest BCUT2D eigenvalue weighted by Crippen LogP contribution is 2.14. The third-order valence-corrected chi connectivity index (χ3v) is 6.77. The molecule has 7 nitrogen and oxygen atoms in total. The topological polar surface area (TPSA) is 95.9 Å². The molecule has 2 N–H and O–H groups in total. The van der Waals surface area contributed by atoms with E-state index in [1.165, 1.54) is 76.0 Å². The van der Waals surface area contributed by atoms with Crippen molar-refractivity contribution in [2.24, 2.45) is 0 Å². The van der Waals surface area contributed by atoms with E-state index in [2.05, 4.69) is 12.2 Å². The zero-order valence-electron chi connectivity index (χ0n) is 23.4. The van der Waals surface area contributed by atoms with Gasteiger partial charge in [0.25, 0.3) is 0 Å². The van der Waals surface area contributed by atoms with Crippen LogP contribution in [0.1, 0.15) is 109 Å². The smallest absolute Gasteiger partial charge is 0.325 e. The molecule has 0 fully saturated rings. The number of unbranched alkanes of at least 4 members (excludes halogenated alkanes) is 12. The maximum atomic E-state index is 12.8. The minimum Gasteiger partial charge on any atom is -0.480 e. The Bertz CT molecular complexity index is 756. The van der Waals surface area contributed by atoms with Crippen LogP contribution in [-0.2, 0) is 25.7 Å². The van der Waals surface area contributed by atoms with E-state index in [9.17, 15) is 14.4 Å². The molecule has 1 rings (SSSR count). The van der Waals surface area contributed by atoms with Crippen LogP contribution in [0.25, 0.3) is 0 Å². The third-order valence-electron chi connectivity index (χ3n) is 6.77. The Morgan fingerprint density at radius 1 is 0.865 bits per heavy atom. The Hall–Kier alpha value is -2.41. The van der Waals surface area contributed by atoms with Gasteiger partial charge in [0.05, 0.1) is 13.2 Å². The lowest BCUT2D eigenvalue weighted by molar-refractivity contribution is -0.145. The SMILES string of the molecule is CCCCCCCCCCCCCCCC(=O)N(C)[C@H](COCc1ccccc1)C(=O)N[C@H](C)C(=O)O. The van der Waals surface area contributed by atoms with Crippen LogP contribution in [0, 0.1) is 0 Å². The van der Waals surface area contributed by atoms with E-state index < -0.39 is 24.0 Å². The lowest BCUT2D eigenvalue weighted by atomic mass is 10.0. The molecule has 2 amide bonds. The molecular weight excluding hydrogens is 468 g/mol. The fourth-order valence-electron chi connectivity index (χ4n) is 4.24. The molecular formula is C30H50N2O5.